The summed E-state index contributed by atoms with van der Waals surface area (Å²) >= 11 is 1.56. The molecule has 1 fully saturated rings. The Balaban J connectivity index is 1.52. The number of carbonyl (C=O) groups is 2. The predicted octanol–water partition coefficient (Wildman–Crippen LogP) is 1.35. The summed E-state index contributed by atoms with van der Waals surface area (Å²) in [5, 5.41) is 9.22. The van der Waals surface area contributed by atoms with Gasteiger partial charge in [0, 0.05) is 38.5 Å². The molecule has 3 rings (SSSR count). The molecule has 8 heteroatoms. The van der Waals surface area contributed by atoms with Crippen molar-refractivity contribution in [2.75, 3.05) is 19.6 Å². The van der Waals surface area contributed by atoms with Gasteiger partial charge in [-0.05, 0) is 30.4 Å². The monoisotopic (exact) mass is 374 g/mol. The maximum atomic E-state index is 12.3. The number of nitrogens with one attached hydrogen (secondary N) is 1. The van der Waals surface area contributed by atoms with Gasteiger partial charge in [0.05, 0.1) is 11.4 Å². The first-order valence-electron chi connectivity index (χ1n) is 8.70. The minimum atomic E-state index is -0.186. The minimum Gasteiger partial charge on any atom is -0.354 e. The number of hydrogen-bond acceptors (Lipinski definition) is 5. The summed E-state index contributed by atoms with van der Waals surface area (Å²) in [7, 11) is 0. The molecule has 2 amide bonds. The molecule has 0 spiro atoms. The summed E-state index contributed by atoms with van der Waals surface area (Å²) in [5.41, 5.74) is 0.567. The Kier molecular flexibility index (Phi) is 5.82. The number of aromatic nitrogens is 2. The van der Waals surface area contributed by atoms with Gasteiger partial charge in [0.15, 0.2) is 0 Å². The van der Waals surface area contributed by atoms with Crippen LogP contribution in [0.5, 0.6) is 0 Å². The van der Waals surface area contributed by atoms with E-state index in [0.717, 1.165) is 10.6 Å². The van der Waals surface area contributed by atoms with Gasteiger partial charge in [0.1, 0.15) is 5.69 Å². The molecule has 0 aliphatic carbocycles. The predicted molar refractivity (Wildman–Crippen MR) is 99.8 cm³/mol. The number of likely N-dealkylation sites (tertiary alicyclic amines) is 1. The molecular weight excluding hydrogens is 352 g/mol. The van der Waals surface area contributed by atoms with Gasteiger partial charge in [-0.3, -0.25) is 14.4 Å². The van der Waals surface area contributed by atoms with Gasteiger partial charge in [-0.15, -0.1) is 11.3 Å². The first-order valence-corrected chi connectivity index (χ1v) is 9.58. The van der Waals surface area contributed by atoms with Crippen molar-refractivity contribution >= 4 is 23.2 Å². The average molecular weight is 374 g/mol. The van der Waals surface area contributed by atoms with Crippen LogP contribution < -0.4 is 10.9 Å². The van der Waals surface area contributed by atoms with E-state index in [1.165, 1.54) is 10.7 Å². The lowest BCUT2D eigenvalue weighted by atomic mass is 9.96. The normalized spacial score (nSPS) is 15.0. The summed E-state index contributed by atoms with van der Waals surface area (Å²) in [6, 6.07) is 7.11. The molecule has 0 saturated carbocycles. The van der Waals surface area contributed by atoms with E-state index >= 15 is 0 Å². The molecule has 0 radical (unpaired) electrons. The zero-order valence-corrected chi connectivity index (χ0v) is 15.5. The van der Waals surface area contributed by atoms with Crippen molar-refractivity contribution < 1.29 is 9.59 Å². The molecule has 1 N–H and O–H groups in total. The van der Waals surface area contributed by atoms with E-state index in [-0.39, 0.29) is 23.3 Å². The fourth-order valence-electron chi connectivity index (χ4n) is 3.05. The van der Waals surface area contributed by atoms with E-state index in [4.69, 9.17) is 0 Å². The van der Waals surface area contributed by atoms with Crippen LogP contribution in [-0.4, -0.2) is 46.1 Å². The van der Waals surface area contributed by atoms with Crippen LogP contribution in [0.3, 0.4) is 0 Å². The van der Waals surface area contributed by atoms with Gasteiger partial charge >= 0.3 is 0 Å². The van der Waals surface area contributed by atoms with Gasteiger partial charge in [0.25, 0.3) is 5.56 Å². The third-order valence-corrected chi connectivity index (χ3v) is 5.47. The standard InChI is InChI=1S/C18H22N4O3S/c1-13(23)21-9-6-14(7-10-21)18(25)19-8-11-22-17(24)5-4-15(20-22)16-3-2-12-26-16/h2-5,12,14H,6-11H2,1H3,(H,19,25). The van der Waals surface area contributed by atoms with Gasteiger partial charge < -0.3 is 10.2 Å². The molecule has 2 aromatic heterocycles. The Morgan fingerprint density at radius 3 is 2.69 bits per heavy atom. The van der Waals surface area contributed by atoms with Crippen LogP contribution >= 0.6 is 11.3 Å². The van der Waals surface area contributed by atoms with Crippen molar-refractivity contribution in [3.63, 3.8) is 0 Å². The molecule has 0 unspecified atom stereocenters. The largest absolute Gasteiger partial charge is 0.354 e. The summed E-state index contributed by atoms with van der Waals surface area (Å²) < 4.78 is 1.38. The highest BCUT2D eigenvalue weighted by Crippen LogP contribution is 2.21. The molecule has 1 aliphatic heterocycles. The molecule has 7 nitrogen and oxygen atoms in total. The third-order valence-electron chi connectivity index (χ3n) is 4.57. The molecule has 2 aromatic rings. The van der Waals surface area contributed by atoms with E-state index in [2.05, 4.69) is 10.4 Å². The molecule has 1 saturated heterocycles. The lowest BCUT2D eigenvalue weighted by Gasteiger charge is -2.30. The van der Waals surface area contributed by atoms with Crippen molar-refractivity contribution in [1.29, 1.82) is 0 Å². The Morgan fingerprint density at radius 1 is 1.27 bits per heavy atom. The van der Waals surface area contributed by atoms with Gasteiger partial charge in [0.2, 0.25) is 11.8 Å². The van der Waals surface area contributed by atoms with E-state index in [1.54, 1.807) is 29.2 Å². The Labute approximate surface area is 155 Å². The van der Waals surface area contributed by atoms with Gasteiger partial charge in [-0.2, -0.15) is 5.10 Å². The van der Waals surface area contributed by atoms with Crippen LogP contribution in [0.2, 0.25) is 0 Å². The Bertz CT molecular complexity index is 823. The number of carbonyl (C=O) groups excluding carboxylic acids is 2. The van der Waals surface area contributed by atoms with Crippen molar-refractivity contribution in [1.82, 2.24) is 20.0 Å². The highest BCUT2D eigenvalue weighted by molar-refractivity contribution is 7.13. The molecule has 138 valence electrons. The van der Waals surface area contributed by atoms with Crippen LogP contribution in [0.25, 0.3) is 10.6 Å². The lowest BCUT2D eigenvalue weighted by molar-refractivity contribution is -0.133. The minimum absolute atomic E-state index is 0.0179. The number of hydrogen-bond donors (Lipinski definition) is 1. The summed E-state index contributed by atoms with van der Waals surface area (Å²) in [5.74, 6) is -0.0386. The van der Waals surface area contributed by atoms with Crippen LogP contribution in [0, 0.1) is 5.92 Å². The second-order valence-corrected chi connectivity index (χ2v) is 7.28. The summed E-state index contributed by atoms with van der Waals surface area (Å²) in [6.45, 7) is 3.48. The molecule has 0 aromatic carbocycles. The van der Waals surface area contributed by atoms with Crippen LogP contribution in [-0.2, 0) is 16.1 Å². The van der Waals surface area contributed by atoms with E-state index in [1.807, 2.05) is 17.5 Å². The van der Waals surface area contributed by atoms with Crippen LogP contribution in [0.4, 0.5) is 0 Å². The first-order chi connectivity index (χ1) is 12.5. The van der Waals surface area contributed by atoms with E-state index < -0.39 is 0 Å². The van der Waals surface area contributed by atoms with Gasteiger partial charge in [-0.1, -0.05) is 6.07 Å². The Morgan fingerprint density at radius 2 is 2.04 bits per heavy atom. The number of rotatable bonds is 5. The molecule has 0 atom stereocenters. The Hall–Kier alpha value is -2.48. The maximum absolute atomic E-state index is 12.3. The second kappa shape index (κ2) is 8.27. The van der Waals surface area contributed by atoms with Crippen LogP contribution in [0.1, 0.15) is 19.8 Å². The highest BCUT2D eigenvalue weighted by atomic mass is 32.1. The quantitative estimate of drug-likeness (QED) is 0.856. The molecule has 3 heterocycles. The van der Waals surface area contributed by atoms with Crippen molar-refractivity contribution in [3.05, 3.63) is 40.0 Å². The van der Waals surface area contributed by atoms with E-state index in [9.17, 15) is 14.4 Å². The van der Waals surface area contributed by atoms with Crippen molar-refractivity contribution in [2.24, 2.45) is 5.92 Å². The molecular formula is C18H22N4O3S. The fraction of sp³-hybridized carbons (Fsp3) is 0.444. The van der Waals surface area contributed by atoms with Crippen molar-refractivity contribution in [3.8, 4) is 10.6 Å². The zero-order chi connectivity index (χ0) is 18.5. The summed E-state index contributed by atoms with van der Waals surface area (Å²) in [6.07, 6.45) is 1.36. The third kappa shape index (κ3) is 4.37. The highest BCUT2D eigenvalue weighted by Gasteiger charge is 2.25. The summed E-state index contributed by atoms with van der Waals surface area (Å²) in [4.78, 5) is 38.4. The number of thiophene rings is 1. The zero-order valence-electron chi connectivity index (χ0n) is 14.7. The fourth-order valence-corrected chi connectivity index (χ4v) is 3.74. The smallest absolute Gasteiger partial charge is 0.266 e. The number of nitrogens with zero attached hydrogens (tertiary/aromatic N) is 3. The average Bonchev–Trinajstić information content (AvgIpc) is 3.18. The van der Waals surface area contributed by atoms with Crippen molar-refractivity contribution in [2.45, 2.75) is 26.3 Å². The number of amides is 2. The first kappa shape index (κ1) is 18.3. The van der Waals surface area contributed by atoms with Gasteiger partial charge in [-0.25, -0.2) is 4.68 Å². The lowest BCUT2D eigenvalue weighted by Crippen LogP contribution is -2.43. The molecule has 26 heavy (non-hydrogen) atoms. The second-order valence-electron chi connectivity index (χ2n) is 6.33. The molecule has 0 bridgehead atoms. The SMILES string of the molecule is CC(=O)N1CCC(C(=O)NCCn2nc(-c3cccs3)ccc2=O)CC1. The maximum Gasteiger partial charge on any atom is 0.266 e. The topological polar surface area (TPSA) is 84.3 Å². The number of piperidine rings is 1. The molecule has 1 aliphatic rings. The van der Waals surface area contributed by atoms with E-state index in [0.29, 0.717) is 39.0 Å². The van der Waals surface area contributed by atoms with Crippen LogP contribution in [0.15, 0.2) is 34.4 Å².